The summed E-state index contributed by atoms with van der Waals surface area (Å²) in [6.45, 7) is 2.01. The van der Waals surface area contributed by atoms with Crippen LogP contribution in [-0.2, 0) is 4.79 Å². The number of carbonyl (C=O) groups excluding carboxylic acids is 1. The summed E-state index contributed by atoms with van der Waals surface area (Å²) in [7, 11) is 0. The van der Waals surface area contributed by atoms with Crippen molar-refractivity contribution in [3.63, 3.8) is 0 Å². The fraction of sp³-hybridized carbons (Fsp3) is 0.476. The minimum Gasteiger partial charge on any atom is -0.481 e. The first kappa shape index (κ1) is 15.5. The van der Waals surface area contributed by atoms with E-state index in [2.05, 4.69) is 17.4 Å². The Morgan fingerprint density at radius 2 is 2.00 bits per heavy atom. The predicted molar refractivity (Wildman–Crippen MR) is 96.0 cm³/mol. The number of nitrogens with one attached hydrogen (secondary N) is 1. The smallest absolute Gasteiger partial charge is 0.261 e. The van der Waals surface area contributed by atoms with Crippen LogP contribution in [0.3, 0.4) is 0 Å². The van der Waals surface area contributed by atoms with Gasteiger partial charge >= 0.3 is 0 Å². The molecule has 2 aromatic rings. The second-order valence-corrected chi connectivity index (χ2v) is 7.31. The quantitative estimate of drug-likeness (QED) is 0.891. The summed E-state index contributed by atoms with van der Waals surface area (Å²) < 4.78 is 6.01. The van der Waals surface area contributed by atoms with E-state index in [1.807, 2.05) is 37.3 Å². The standard InChI is InChI=1S/C21H25NO2/c1-2-20(21(23)22-19-12-14-7-8-17(19)11-14)24-18-10-9-15-5-3-4-6-16(15)13-18/h3-6,9-10,13-14,17,19-20H,2,7-8,11-12H2,1H3,(H,22,23)/t14-,17-,19-,20-/m0/s1. The molecule has 24 heavy (non-hydrogen) atoms. The van der Waals surface area contributed by atoms with Crippen molar-refractivity contribution in [3.05, 3.63) is 42.5 Å². The number of hydrogen-bond acceptors (Lipinski definition) is 2. The van der Waals surface area contributed by atoms with Gasteiger partial charge in [-0.3, -0.25) is 4.79 Å². The van der Waals surface area contributed by atoms with E-state index in [1.165, 1.54) is 24.6 Å². The van der Waals surface area contributed by atoms with Crippen LogP contribution in [0.15, 0.2) is 42.5 Å². The molecule has 4 atom stereocenters. The van der Waals surface area contributed by atoms with Crippen LogP contribution >= 0.6 is 0 Å². The third kappa shape index (κ3) is 3.00. The Labute approximate surface area is 143 Å². The van der Waals surface area contributed by atoms with Crippen LogP contribution in [0, 0.1) is 11.8 Å². The van der Waals surface area contributed by atoms with E-state index in [9.17, 15) is 4.79 Å². The average molecular weight is 323 g/mol. The lowest BCUT2D eigenvalue weighted by atomic mass is 9.95. The molecule has 2 saturated carbocycles. The normalized spacial score (nSPS) is 26.5. The Bertz CT molecular complexity index is 741. The number of carbonyl (C=O) groups is 1. The lowest BCUT2D eigenvalue weighted by molar-refractivity contribution is -0.129. The molecule has 2 aliphatic carbocycles. The highest BCUT2D eigenvalue weighted by Crippen LogP contribution is 2.44. The zero-order chi connectivity index (χ0) is 16.5. The van der Waals surface area contributed by atoms with Gasteiger partial charge in [0.15, 0.2) is 6.10 Å². The first-order valence-electron chi connectivity index (χ1n) is 9.18. The minimum absolute atomic E-state index is 0.0446. The molecule has 2 fully saturated rings. The molecule has 0 unspecified atom stereocenters. The maximum Gasteiger partial charge on any atom is 0.261 e. The SMILES string of the molecule is CC[C@H](Oc1ccc2ccccc2c1)C(=O)N[C@H]1C[C@H]2CC[C@H]1C2. The van der Waals surface area contributed by atoms with E-state index in [0.29, 0.717) is 18.4 Å². The van der Waals surface area contributed by atoms with Crippen molar-refractivity contribution in [2.45, 2.75) is 51.2 Å². The molecule has 0 radical (unpaired) electrons. The second kappa shape index (κ2) is 6.46. The Balaban J connectivity index is 1.43. The van der Waals surface area contributed by atoms with Crippen LogP contribution < -0.4 is 10.1 Å². The topological polar surface area (TPSA) is 38.3 Å². The number of fused-ring (bicyclic) bond motifs is 3. The lowest BCUT2D eigenvalue weighted by Crippen LogP contribution is -2.45. The summed E-state index contributed by atoms with van der Waals surface area (Å²) in [6, 6.07) is 14.6. The highest BCUT2D eigenvalue weighted by Gasteiger charge is 2.40. The maximum absolute atomic E-state index is 12.6. The first-order valence-corrected chi connectivity index (χ1v) is 9.18. The van der Waals surface area contributed by atoms with Gasteiger partial charge in [0.05, 0.1) is 0 Å². The van der Waals surface area contributed by atoms with Crippen molar-refractivity contribution >= 4 is 16.7 Å². The molecule has 3 heteroatoms. The van der Waals surface area contributed by atoms with Gasteiger partial charge < -0.3 is 10.1 Å². The molecule has 0 aliphatic heterocycles. The molecule has 2 bridgehead atoms. The summed E-state index contributed by atoms with van der Waals surface area (Å²) in [5.41, 5.74) is 0. The molecule has 4 rings (SSSR count). The van der Waals surface area contributed by atoms with Crippen LogP contribution in [0.1, 0.15) is 39.0 Å². The number of amides is 1. The monoisotopic (exact) mass is 323 g/mol. The van der Waals surface area contributed by atoms with Gasteiger partial charge in [-0.2, -0.15) is 0 Å². The average Bonchev–Trinajstić information content (AvgIpc) is 3.22. The molecule has 0 heterocycles. The van der Waals surface area contributed by atoms with Crippen LogP contribution in [0.4, 0.5) is 0 Å². The molecule has 1 amide bonds. The van der Waals surface area contributed by atoms with E-state index in [1.54, 1.807) is 0 Å². The highest BCUT2D eigenvalue weighted by atomic mass is 16.5. The minimum atomic E-state index is -0.412. The van der Waals surface area contributed by atoms with Crippen LogP contribution in [0.5, 0.6) is 5.75 Å². The van der Waals surface area contributed by atoms with Gasteiger partial charge in [0.1, 0.15) is 5.75 Å². The molecule has 126 valence electrons. The summed E-state index contributed by atoms with van der Waals surface area (Å²) in [6.07, 6.45) is 5.35. The van der Waals surface area contributed by atoms with Crippen molar-refractivity contribution in [2.24, 2.45) is 11.8 Å². The van der Waals surface area contributed by atoms with Crippen LogP contribution in [0.2, 0.25) is 0 Å². The van der Waals surface area contributed by atoms with E-state index < -0.39 is 6.10 Å². The zero-order valence-electron chi connectivity index (χ0n) is 14.2. The summed E-state index contributed by atoms with van der Waals surface area (Å²) >= 11 is 0. The first-order chi connectivity index (χ1) is 11.7. The van der Waals surface area contributed by atoms with Gasteiger partial charge in [0, 0.05) is 6.04 Å². The molecular formula is C21H25NO2. The fourth-order valence-electron chi connectivity index (χ4n) is 4.42. The predicted octanol–water partition coefficient (Wildman–Crippen LogP) is 4.30. The third-order valence-corrected chi connectivity index (χ3v) is 5.73. The van der Waals surface area contributed by atoms with Crippen molar-refractivity contribution in [1.82, 2.24) is 5.32 Å². The number of rotatable bonds is 5. The van der Waals surface area contributed by atoms with Crippen molar-refractivity contribution in [2.75, 3.05) is 0 Å². The summed E-state index contributed by atoms with van der Waals surface area (Å²) in [5, 5.41) is 5.58. The Hall–Kier alpha value is -2.03. The molecule has 0 aromatic heterocycles. The van der Waals surface area contributed by atoms with Gasteiger partial charge in [-0.05, 0) is 60.4 Å². The van der Waals surface area contributed by atoms with Gasteiger partial charge in [0.25, 0.3) is 5.91 Å². The third-order valence-electron chi connectivity index (χ3n) is 5.73. The Kier molecular flexibility index (Phi) is 4.17. The number of benzene rings is 2. The molecule has 0 saturated heterocycles. The van der Waals surface area contributed by atoms with Crippen LogP contribution in [0.25, 0.3) is 10.8 Å². The van der Waals surface area contributed by atoms with E-state index in [-0.39, 0.29) is 5.91 Å². The van der Waals surface area contributed by atoms with Crippen molar-refractivity contribution < 1.29 is 9.53 Å². The van der Waals surface area contributed by atoms with E-state index in [0.717, 1.165) is 23.5 Å². The maximum atomic E-state index is 12.6. The Morgan fingerprint density at radius 1 is 1.17 bits per heavy atom. The molecule has 0 spiro atoms. The van der Waals surface area contributed by atoms with Gasteiger partial charge in [-0.25, -0.2) is 0 Å². The molecule has 1 N–H and O–H groups in total. The fourth-order valence-corrected chi connectivity index (χ4v) is 4.42. The van der Waals surface area contributed by atoms with Gasteiger partial charge in [-0.15, -0.1) is 0 Å². The molecular weight excluding hydrogens is 298 g/mol. The van der Waals surface area contributed by atoms with Crippen molar-refractivity contribution in [1.29, 1.82) is 0 Å². The zero-order valence-corrected chi connectivity index (χ0v) is 14.2. The molecule has 2 aromatic carbocycles. The number of ether oxygens (including phenoxy) is 1. The van der Waals surface area contributed by atoms with Crippen LogP contribution in [-0.4, -0.2) is 18.1 Å². The lowest BCUT2D eigenvalue weighted by Gasteiger charge is -2.25. The highest BCUT2D eigenvalue weighted by molar-refractivity contribution is 5.84. The van der Waals surface area contributed by atoms with Gasteiger partial charge in [-0.1, -0.05) is 43.7 Å². The summed E-state index contributed by atoms with van der Waals surface area (Å²) in [4.78, 5) is 12.6. The number of hydrogen-bond donors (Lipinski definition) is 1. The molecule has 2 aliphatic rings. The van der Waals surface area contributed by atoms with E-state index in [4.69, 9.17) is 4.74 Å². The summed E-state index contributed by atoms with van der Waals surface area (Å²) in [5.74, 6) is 2.34. The van der Waals surface area contributed by atoms with E-state index >= 15 is 0 Å². The van der Waals surface area contributed by atoms with Crippen molar-refractivity contribution in [3.8, 4) is 5.75 Å². The molecule has 3 nitrogen and oxygen atoms in total. The Morgan fingerprint density at radius 3 is 2.71 bits per heavy atom. The van der Waals surface area contributed by atoms with Gasteiger partial charge in [0.2, 0.25) is 0 Å². The second-order valence-electron chi connectivity index (χ2n) is 7.31. The largest absolute Gasteiger partial charge is 0.481 e.